The number of rotatable bonds is 4. The first-order valence-corrected chi connectivity index (χ1v) is 10.2. The van der Waals surface area contributed by atoms with Gasteiger partial charge in [-0.05, 0) is 36.8 Å². The van der Waals surface area contributed by atoms with Gasteiger partial charge in [0, 0.05) is 17.4 Å². The lowest BCUT2D eigenvalue weighted by molar-refractivity contribution is 0.356. The zero-order valence-electron chi connectivity index (χ0n) is 13.5. The van der Waals surface area contributed by atoms with Crippen molar-refractivity contribution in [3.05, 3.63) is 58.4 Å². The Bertz CT molecular complexity index is 1040. The van der Waals surface area contributed by atoms with Crippen LogP contribution >= 0.6 is 11.3 Å². The van der Waals surface area contributed by atoms with Gasteiger partial charge in [-0.15, -0.1) is 11.3 Å². The van der Waals surface area contributed by atoms with Gasteiger partial charge in [-0.25, -0.2) is 13.4 Å². The van der Waals surface area contributed by atoms with Gasteiger partial charge in [-0.2, -0.15) is 0 Å². The topological polar surface area (TPSA) is 68.3 Å². The summed E-state index contributed by atoms with van der Waals surface area (Å²) in [6, 6.07) is 12.3. The zero-order valence-corrected chi connectivity index (χ0v) is 15.2. The Labute approximate surface area is 150 Å². The highest BCUT2D eigenvalue weighted by atomic mass is 32.2. The molecule has 0 saturated heterocycles. The van der Waals surface area contributed by atoms with Crippen molar-refractivity contribution in [2.24, 2.45) is 0 Å². The molecular formula is C18H16N2O3S2. The van der Waals surface area contributed by atoms with E-state index < -0.39 is 10.0 Å². The van der Waals surface area contributed by atoms with Crippen LogP contribution in [0.5, 0.6) is 5.75 Å². The van der Waals surface area contributed by atoms with Gasteiger partial charge in [-0.1, -0.05) is 18.2 Å². The lowest BCUT2D eigenvalue weighted by Crippen LogP contribution is -2.13. The molecular weight excluding hydrogens is 356 g/mol. The highest BCUT2D eigenvalue weighted by Gasteiger charge is 2.21. The molecule has 0 spiro atoms. The van der Waals surface area contributed by atoms with Crippen molar-refractivity contribution in [2.45, 2.75) is 18.2 Å². The largest absolute Gasteiger partial charge is 0.493 e. The van der Waals surface area contributed by atoms with Crippen molar-refractivity contribution < 1.29 is 13.2 Å². The number of ether oxygens (including phenoxy) is 1. The quantitative estimate of drug-likeness (QED) is 0.755. The van der Waals surface area contributed by atoms with Gasteiger partial charge in [0.25, 0.3) is 10.0 Å². The number of thiazole rings is 1. The number of hydrogen-bond donors (Lipinski definition) is 1. The Hall–Kier alpha value is -2.38. The molecule has 0 aliphatic carbocycles. The van der Waals surface area contributed by atoms with Crippen molar-refractivity contribution in [2.75, 3.05) is 11.3 Å². The summed E-state index contributed by atoms with van der Waals surface area (Å²) in [7, 11) is -3.69. The van der Waals surface area contributed by atoms with Gasteiger partial charge >= 0.3 is 0 Å². The molecule has 0 fully saturated rings. The smallest absolute Gasteiger partial charge is 0.261 e. The lowest BCUT2D eigenvalue weighted by atomic mass is 10.1. The van der Waals surface area contributed by atoms with Crippen LogP contribution in [0.2, 0.25) is 0 Å². The Morgan fingerprint density at radius 2 is 2.04 bits per heavy atom. The summed E-state index contributed by atoms with van der Waals surface area (Å²) in [6.45, 7) is 2.52. The third-order valence-electron chi connectivity index (χ3n) is 4.04. The number of nitrogens with one attached hydrogen (secondary N) is 1. The minimum Gasteiger partial charge on any atom is -0.493 e. The molecule has 1 aromatic heterocycles. The molecule has 3 aromatic rings. The zero-order chi connectivity index (χ0) is 17.4. The molecule has 0 unspecified atom stereocenters. The SMILES string of the molecule is Cc1nc(-c2ccccc2NS(=O)(=O)c2ccc3c(c2)CCO3)cs1. The van der Waals surface area contributed by atoms with Crippen molar-refractivity contribution in [1.29, 1.82) is 0 Å². The second-order valence-corrected chi connectivity index (χ2v) is 8.52. The number of para-hydroxylation sites is 1. The van der Waals surface area contributed by atoms with Crippen molar-refractivity contribution in [3.63, 3.8) is 0 Å². The Morgan fingerprint density at radius 1 is 1.20 bits per heavy atom. The fourth-order valence-corrected chi connectivity index (χ4v) is 4.56. The molecule has 1 N–H and O–H groups in total. The Kier molecular flexibility index (Phi) is 3.97. The number of sulfonamides is 1. The number of aromatic nitrogens is 1. The van der Waals surface area contributed by atoms with Crippen LogP contribution in [0.1, 0.15) is 10.6 Å². The third-order valence-corrected chi connectivity index (χ3v) is 6.17. The van der Waals surface area contributed by atoms with E-state index in [1.807, 2.05) is 24.4 Å². The first-order valence-electron chi connectivity index (χ1n) is 7.83. The van der Waals surface area contributed by atoms with E-state index in [2.05, 4.69) is 9.71 Å². The summed E-state index contributed by atoms with van der Waals surface area (Å²) >= 11 is 1.53. The molecule has 5 nitrogen and oxygen atoms in total. The Morgan fingerprint density at radius 3 is 2.84 bits per heavy atom. The number of aryl methyl sites for hydroxylation is 1. The minimum atomic E-state index is -3.69. The highest BCUT2D eigenvalue weighted by molar-refractivity contribution is 7.92. The summed E-state index contributed by atoms with van der Waals surface area (Å²) < 4.78 is 33.8. The molecule has 0 amide bonds. The van der Waals surface area contributed by atoms with Crippen molar-refractivity contribution in [3.8, 4) is 17.0 Å². The molecule has 2 aromatic carbocycles. The summed E-state index contributed by atoms with van der Waals surface area (Å²) in [6.07, 6.45) is 0.730. The average Bonchev–Trinajstić information content (AvgIpc) is 3.23. The van der Waals surface area contributed by atoms with E-state index in [0.717, 1.165) is 34.0 Å². The first-order chi connectivity index (χ1) is 12.0. The Balaban J connectivity index is 1.70. The van der Waals surface area contributed by atoms with Crippen molar-refractivity contribution in [1.82, 2.24) is 4.98 Å². The molecule has 4 rings (SSSR count). The van der Waals surface area contributed by atoms with Crippen molar-refractivity contribution >= 4 is 27.0 Å². The molecule has 128 valence electrons. The van der Waals surface area contributed by atoms with E-state index in [-0.39, 0.29) is 4.90 Å². The van der Waals surface area contributed by atoms with Crippen LogP contribution in [0.3, 0.4) is 0 Å². The minimum absolute atomic E-state index is 0.237. The second-order valence-electron chi connectivity index (χ2n) is 5.77. The maximum atomic E-state index is 12.8. The average molecular weight is 372 g/mol. The van der Waals surface area contributed by atoms with Gasteiger partial charge in [-0.3, -0.25) is 4.72 Å². The van der Waals surface area contributed by atoms with Crippen LogP contribution in [-0.2, 0) is 16.4 Å². The van der Waals surface area contributed by atoms with E-state index >= 15 is 0 Å². The number of nitrogens with zero attached hydrogens (tertiary/aromatic N) is 1. The van der Waals surface area contributed by atoms with Crippen LogP contribution < -0.4 is 9.46 Å². The van der Waals surface area contributed by atoms with Crippen LogP contribution in [-0.4, -0.2) is 20.0 Å². The maximum Gasteiger partial charge on any atom is 0.261 e. The molecule has 7 heteroatoms. The standard InChI is InChI=1S/C18H16N2O3S2/c1-12-19-17(11-24-12)15-4-2-3-5-16(15)20-25(21,22)14-6-7-18-13(10-14)8-9-23-18/h2-7,10-11,20H,8-9H2,1H3. The van der Waals surface area contributed by atoms with E-state index in [9.17, 15) is 8.42 Å². The molecule has 0 bridgehead atoms. The third kappa shape index (κ3) is 3.12. The highest BCUT2D eigenvalue weighted by Crippen LogP contribution is 2.32. The van der Waals surface area contributed by atoms with Gasteiger partial charge in [0.05, 0.1) is 27.9 Å². The fraction of sp³-hybridized carbons (Fsp3) is 0.167. The number of anilines is 1. The molecule has 25 heavy (non-hydrogen) atoms. The first kappa shape index (κ1) is 16.1. The summed E-state index contributed by atoms with van der Waals surface area (Å²) in [5.74, 6) is 0.761. The number of benzene rings is 2. The van der Waals surface area contributed by atoms with Gasteiger partial charge < -0.3 is 4.74 Å². The normalized spacial score (nSPS) is 13.3. The lowest BCUT2D eigenvalue weighted by Gasteiger charge is -2.12. The van der Waals surface area contributed by atoms with E-state index in [0.29, 0.717) is 12.3 Å². The molecule has 0 radical (unpaired) electrons. The van der Waals surface area contributed by atoms with Crippen LogP contribution in [0.25, 0.3) is 11.3 Å². The van der Waals surface area contributed by atoms with Crippen LogP contribution in [0, 0.1) is 6.92 Å². The summed E-state index contributed by atoms with van der Waals surface area (Å²) in [5, 5.41) is 2.86. The predicted octanol–water partition coefficient (Wildman–Crippen LogP) is 3.85. The summed E-state index contributed by atoms with van der Waals surface area (Å²) in [4.78, 5) is 4.70. The summed E-state index contributed by atoms with van der Waals surface area (Å²) in [5.41, 5.74) is 2.97. The van der Waals surface area contributed by atoms with E-state index in [1.54, 1.807) is 30.3 Å². The molecule has 1 aliphatic rings. The maximum absolute atomic E-state index is 12.8. The molecule has 0 saturated carbocycles. The monoisotopic (exact) mass is 372 g/mol. The van der Waals surface area contributed by atoms with E-state index in [4.69, 9.17) is 4.74 Å². The van der Waals surface area contributed by atoms with E-state index in [1.165, 1.54) is 11.3 Å². The van der Waals surface area contributed by atoms with Gasteiger partial charge in [0.2, 0.25) is 0 Å². The predicted molar refractivity (Wildman–Crippen MR) is 98.7 cm³/mol. The number of fused-ring (bicyclic) bond motifs is 1. The molecule has 1 aliphatic heterocycles. The van der Waals surface area contributed by atoms with Gasteiger partial charge in [0.15, 0.2) is 0 Å². The molecule has 2 heterocycles. The number of hydrogen-bond acceptors (Lipinski definition) is 5. The van der Waals surface area contributed by atoms with Crippen LogP contribution in [0.4, 0.5) is 5.69 Å². The second kappa shape index (κ2) is 6.16. The molecule has 0 atom stereocenters. The van der Waals surface area contributed by atoms with Crippen LogP contribution in [0.15, 0.2) is 52.7 Å². The van der Waals surface area contributed by atoms with Gasteiger partial charge in [0.1, 0.15) is 5.75 Å². The fourth-order valence-electron chi connectivity index (χ4n) is 2.82.